The number of nitrogens with one attached hydrogen (secondary N) is 2. The van der Waals surface area contributed by atoms with Crippen molar-refractivity contribution in [2.45, 2.75) is 25.4 Å². The lowest BCUT2D eigenvalue weighted by Crippen LogP contribution is -2.45. The number of methoxy groups -OCH3 is 2. The molecule has 0 aromatic heterocycles. The van der Waals surface area contributed by atoms with Gasteiger partial charge in [-0.25, -0.2) is 8.78 Å². The molecule has 1 unspecified atom stereocenters. The molecule has 1 aliphatic rings. The van der Waals surface area contributed by atoms with Crippen molar-refractivity contribution in [2.24, 2.45) is 4.99 Å². The molecule has 2 aromatic carbocycles. The highest BCUT2D eigenvalue weighted by molar-refractivity contribution is 14.0. The van der Waals surface area contributed by atoms with E-state index in [4.69, 9.17) is 9.47 Å². The van der Waals surface area contributed by atoms with Crippen molar-refractivity contribution in [3.8, 4) is 11.5 Å². The Morgan fingerprint density at radius 2 is 1.69 bits per heavy atom. The number of guanidine groups is 1. The molecule has 32 heavy (non-hydrogen) atoms. The second-order valence-electron chi connectivity index (χ2n) is 7.61. The van der Waals surface area contributed by atoms with Crippen LogP contribution >= 0.6 is 24.0 Å². The number of likely N-dealkylation sites (tertiary alicyclic amines) is 1. The molecule has 1 aliphatic heterocycles. The first-order valence-electron chi connectivity index (χ1n) is 10.4. The maximum Gasteiger partial charge on any atom is 0.191 e. The van der Waals surface area contributed by atoms with Crippen LogP contribution in [-0.2, 0) is 13.0 Å². The fourth-order valence-electron chi connectivity index (χ4n) is 3.78. The van der Waals surface area contributed by atoms with Crippen molar-refractivity contribution in [1.29, 1.82) is 0 Å². The van der Waals surface area contributed by atoms with E-state index in [1.54, 1.807) is 21.3 Å². The van der Waals surface area contributed by atoms with Gasteiger partial charge in [-0.3, -0.25) is 9.89 Å². The zero-order valence-electron chi connectivity index (χ0n) is 18.7. The molecule has 1 heterocycles. The average molecular weight is 560 g/mol. The fourth-order valence-corrected chi connectivity index (χ4v) is 3.78. The summed E-state index contributed by atoms with van der Waals surface area (Å²) in [5, 5.41) is 6.66. The van der Waals surface area contributed by atoms with Gasteiger partial charge in [-0.15, -0.1) is 24.0 Å². The third-order valence-electron chi connectivity index (χ3n) is 5.28. The van der Waals surface area contributed by atoms with Gasteiger partial charge in [0.2, 0.25) is 0 Å². The SMILES string of the molecule is CN=C(NCCc1cc(F)cc(F)c1)NC1CCN(Cc2cc(OC)cc(OC)c2)C1.I. The van der Waals surface area contributed by atoms with E-state index in [1.807, 2.05) is 18.2 Å². The van der Waals surface area contributed by atoms with Crippen molar-refractivity contribution >= 4 is 29.9 Å². The summed E-state index contributed by atoms with van der Waals surface area (Å²) in [4.78, 5) is 6.64. The molecule has 1 fully saturated rings. The Balaban J connectivity index is 0.00000363. The highest BCUT2D eigenvalue weighted by Gasteiger charge is 2.23. The molecule has 0 amide bonds. The van der Waals surface area contributed by atoms with Crippen molar-refractivity contribution < 1.29 is 18.3 Å². The lowest BCUT2D eigenvalue weighted by atomic mass is 10.1. The number of rotatable bonds is 8. The van der Waals surface area contributed by atoms with Crippen molar-refractivity contribution in [1.82, 2.24) is 15.5 Å². The summed E-state index contributed by atoms with van der Waals surface area (Å²) in [5.74, 6) is 1.14. The molecule has 0 bridgehead atoms. The topological polar surface area (TPSA) is 58.1 Å². The van der Waals surface area contributed by atoms with Crippen LogP contribution in [0.25, 0.3) is 0 Å². The van der Waals surface area contributed by atoms with Crippen molar-refractivity contribution in [3.05, 3.63) is 59.2 Å². The van der Waals surface area contributed by atoms with Crippen LogP contribution in [0.15, 0.2) is 41.4 Å². The van der Waals surface area contributed by atoms with E-state index in [9.17, 15) is 8.78 Å². The molecule has 0 radical (unpaired) electrons. The van der Waals surface area contributed by atoms with Crippen LogP contribution in [-0.4, -0.2) is 57.8 Å². The predicted octanol–water partition coefficient (Wildman–Crippen LogP) is 3.58. The third kappa shape index (κ3) is 7.77. The van der Waals surface area contributed by atoms with Gasteiger partial charge in [-0.1, -0.05) is 0 Å². The highest BCUT2D eigenvalue weighted by Crippen LogP contribution is 2.24. The van der Waals surface area contributed by atoms with Gasteiger partial charge in [0.1, 0.15) is 23.1 Å². The quantitative estimate of drug-likeness (QED) is 0.294. The van der Waals surface area contributed by atoms with E-state index in [-0.39, 0.29) is 30.0 Å². The molecule has 2 aromatic rings. The van der Waals surface area contributed by atoms with Crippen molar-refractivity contribution in [3.63, 3.8) is 0 Å². The zero-order valence-corrected chi connectivity index (χ0v) is 21.0. The first kappa shape index (κ1) is 26.1. The number of hydrogen-bond acceptors (Lipinski definition) is 4. The van der Waals surface area contributed by atoms with Gasteiger partial charge in [0.05, 0.1) is 14.2 Å². The Labute approximate surface area is 205 Å². The minimum atomic E-state index is -0.558. The van der Waals surface area contributed by atoms with E-state index >= 15 is 0 Å². The summed E-state index contributed by atoms with van der Waals surface area (Å²) < 4.78 is 37.3. The van der Waals surface area contributed by atoms with E-state index in [0.29, 0.717) is 24.5 Å². The van der Waals surface area contributed by atoms with Gasteiger partial charge in [0.25, 0.3) is 0 Å². The van der Waals surface area contributed by atoms with Crippen LogP contribution in [0.3, 0.4) is 0 Å². The summed E-state index contributed by atoms with van der Waals surface area (Å²) in [6, 6.07) is 9.77. The van der Waals surface area contributed by atoms with Gasteiger partial charge in [0.15, 0.2) is 5.96 Å². The first-order valence-corrected chi connectivity index (χ1v) is 10.4. The number of hydrogen-bond donors (Lipinski definition) is 2. The molecule has 0 spiro atoms. The van der Waals surface area contributed by atoms with Gasteiger partial charge >= 0.3 is 0 Å². The highest BCUT2D eigenvalue weighted by atomic mass is 127. The molecular formula is C23H31F2IN4O2. The molecule has 6 nitrogen and oxygen atoms in total. The van der Waals surface area contributed by atoms with E-state index < -0.39 is 11.6 Å². The molecule has 2 N–H and O–H groups in total. The number of halogens is 3. The largest absolute Gasteiger partial charge is 0.497 e. The number of aliphatic imine (C=N–C) groups is 1. The monoisotopic (exact) mass is 560 g/mol. The Morgan fingerprint density at radius 1 is 1.03 bits per heavy atom. The van der Waals surface area contributed by atoms with Gasteiger partial charge in [0, 0.05) is 51.4 Å². The lowest BCUT2D eigenvalue weighted by molar-refractivity contribution is 0.321. The minimum absolute atomic E-state index is 0. The normalized spacial score (nSPS) is 16.4. The summed E-state index contributed by atoms with van der Waals surface area (Å²) in [5.41, 5.74) is 1.75. The van der Waals surface area contributed by atoms with Crippen LogP contribution in [0, 0.1) is 11.6 Å². The minimum Gasteiger partial charge on any atom is -0.497 e. The second kappa shape index (κ2) is 12.8. The smallest absolute Gasteiger partial charge is 0.191 e. The van der Waals surface area contributed by atoms with Crippen LogP contribution in [0.1, 0.15) is 17.5 Å². The Kier molecular flexibility index (Phi) is 10.4. The maximum atomic E-state index is 13.3. The van der Waals surface area contributed by atoms with Gasteiger partial charge in [-0.2, -0.15) is 0 Å². The first-order chi connectivity index (χ1) is 15.0. The molecule has 0 aliphatic carbocycles. The Bertz CT molecular complexity index is 871. The van der Waals surface area contributed by atoms with Crippen LogP contribution in [0.4, 0.5) is 8.78 Å². The number of ether oxygens (including phenoxy) is 2. The zero-order chi connectivity index (χ0) is 22.2. The lowest BCUT2D eigenvalue weighted by Gasteiger charge is -2.19. The Hall–Kier alpha value is -2.14. The molecule has 9 heteroatoms. The number of benzene rings is 2. The molecule has 1 saturated heterocycles. The van der Waals surface area contributed by atoms with E-state index in [1.165, 1.54) is 12.1 Å². The van der Waals surface area contributed by atoms with E-state index in [2.05, 4.69) is 20.5 Å². The molecule has 176 valence electrons. The summed E-state index contributed by atoms with van der Waals surface area (Å²) in [6.45, 7) is 3.19. The van der Waals surface area contributed by atoms with E-state index in [0.717, 1.165) is 49.2 Å². The number of nitrogens with zero attached hydrogens (tertiary/aromatic N) is 2. The molecule has 0 saturated carbocycles. The summed E-state index contributed by atoms with van der Waals surface area (Å²) in [7, 11) is 5.02. The maximum absolute atomic E-state index is 13.3. The summed E-state index contributed by atoms with van der Waals surface area (Å²) in [6.07, 6.45) is 1.50. The van der Waals surface area contributed by atoms with Crippen LogP contribution in [0.2, 0.25) is 0 Å². The molecule has 3 rings (SSSR count). The van der Waals surface area contributed by atoms with Crippen LogP contribution < -0.4 is 20.1 Å². The molecular weight excluding hydrogens is 529 g/mol. The van der Waals surface area contributed by atoms with Crippen LogP contribution in [0.5, 0.6) is 11.5 Å². The second-order valence-corrected chi connectivity index (χ2v) is 7.61. The van der Waals surface area contributed by atoms with Gasteiger partial charge < -0.3 is 20.1 Å². The van der Waals surface area contributed by atoms with Crippen molar-refractivity contribution in [2.75, 3.05) is 40.9 Å². The summed E-state index contributed by atoms with van der Waals surface area (Å²) >= 11 is 0. The fraction of sp³-hybridized carbons (Fsp3) is 0.435. The predicted molar refractivity (Wildman–Crippen MR) is 133 cm³/mol. The van der Waals surface area contributed by atoms with Gasteiger partial charge in [-0.05, 0) is 48.2 Å². The average Bonchev–Trinajstić information content (AvgIpc) is 3.18. The standard InChI is InChI=1S/C23H30F2N4O2.HI/c1-26-23(27-6-4-16-8-18(24)12-19(25)9-16)28-20-5-7-29(15-20)14-17-10-21(30-2)13-22(11-17)31-3;/h8-13,20H,4-7,14-15H2,1-3H3,(H2,26,27,28);1H. The Morgan fingerprint density at radius 3 is 2.28 bits per heavy atom. The molecule has 1 atom stereocenters. The third-order valence-corrected chi connectivity index (χ3v) is 5.28.